The van der Waals surface area contributed by atoms with Crippen molar-refractivity contribution in [3.63, 3.8) is 0 Å². The number of aromatic nitrogens is 2. The second-order valence-corrected chi connectivity index (χ2v) is 19.6. The zero-order valence-corrected chi connectivity index (χ0v) is 36.0. The molecule has 4 aliphatic heterocycles. The predicted molar refractivity (Wildman–Crippen MR) is 234 cm³/mol. The standard InChI is InChI=1S/C43H49ClN9O7P/c1-59-36-23-29(8-11-33(36)47-43-45-24-32(44)40(49-43)46-34-6-4-5-7-37(34)61(2,3)58)50-16-14-28(15-17-50)51-18-20-52(21-19-51)39(55)26-60-30-9-10-31-27(22-30)25-53(42(31)57)35-12-13-38(54)48-41(35)56/h4-11,22-24,28,35H,12-21,25-26H2,1-3H3,(H,48,54,56)(H2,45,46,47,49). The third-order valence-corrected chi connectivity index (χ3v) is 13.6. The third-order valence-electron chi connectivity index (χ3n) is 11.8. The molecule has 0 saturated carbocycles. The van der Waals surface area contributed by atoms with Gasteiger partial charge in [-0.15, -0.1) is 0 Å². The number of para-hydroxylation sites is 1. The van der Waals surface area contributed by atoms with Crippen LogP contribution in [0.2, 0.25) is 5.02 Å². The van der Waals surface area contributed by atoms with Crippen LogP contribution < -0.4 is 35.6 Å². The molecule has 0 bridgehead atoms. The maximum atomic E-state index is 13.2. The van der Waals surface area contributed by atoms with Crippen LogP contribution in [0.15, 0.2) is 66.9 Å². The van der Waals surface area contributed by atoms with Crippen LogP contribution in [0.1, 0.15) is 41.6 Å². The number of carbonyl (C=O) groups is 4. The van der Waals surface area contributed by atoms with Gasteiger partial charge in [-0.1, -0.05) is 23.7 Å². The fraction of sp³-hybridized carbons (Fsp3) is 0.395. The lowest BCUT2D eigenvalue weighted by molar-refractivity contribution is -0.137. The Kier molecular flexibility index (Phi) is 12.2. The number of anilines is 5. The van der Waals surface area contributed by atoms with Crippen molar-refractivity contribution < 1.29 is 33.2 Å². The highest BCUT2D eigenvalue weighted by atomic mass is 35.5. The van der Waals surface area contributed by atoms with Crippen LogP contribution >= 0.6 is 18.7 Å². The first-order valence-electron chi connectivity index (χ1n) is 20.4. The third kappa shape index (κ3) is 9.31. The Morgan fingerprint density at radius 1 is 0.934 bits per heavy atom. The molecule has 4 amide bonds. The van der Waals surface area contributed by atoms with Crippen molar-refractivity contribution in [2.24, 2.45) is 0 Å². The summed E-state index contributed by atoms with van der Waals surface area (Å²) in [7, 11) is -0.932. The zero-order valence-electron chi connectivity index (χ0n) is 34.4. The summed E-state index contributed by atoms with van der Waals surface area (Å²) < 4.78 is 24.6. The SMILES string of the molecule is COc1cc(N2CCC(N3CCN(C(=O)COc4ccc5c(c4)CN(C4CCC(=O)NC4=O)C5=O)CC3)CC2)ccc1Nc1ncc(Cl)c(Nc2ccccc2P(C)(C)=O)n1. The minimum atomic E-state index is -2.56. The van der Waals surface area contributed by atoms with Gasteiger partial charge in [0.2, 0.25) is 17.8 Å². The summed E-state index contributed by atoms with van der Waals surface area (Å²) >= 11 is 6.47. The van der Waals surface area contributed by atoms with Crippen molar-refractivity contribution in [2.75, 3.05) is 81.8 Å². The lowest BCUT2D eigenvalue weighted by Crippen LogP contribution is -2.55. The average Bonchev–Trinajstić information content (AvgIpc) is 3.58. The summed E-state index contributed by atoms with van der Waals surface area (Å²) in [5.41, 5.74) is 3.64. The summed E-state index contributed by atoms with van der Waals surface area (Å²) in [6.45, 7) is 8.16. The number of halogens is 1. The number of methoxy groups -OCH3 is 1. The molecular weight excluding hydrogens is 821 g/mol. The number of nitrogens with zero attached hydrogens (tertiary/aromatic N) is 6. The first-order valence-corrected chi connectivity index (χ1v) is 23.4. The molecule has 0 aliphatic carbocycles. The molecule has 8 rings (SSSR count). The normalized spacial score (nSPS) is 18.8. The number of carbonyl (C=O) groups excluding carboxylic acids is 4. The summed E-state index contributed by atoms with van der Waals surface area (Å²) in [6, 6.07) is 18.3. The fourth-order valence-corrected chi connectivity index (χ4v) is 9.79. The van der Waals surface area contributed by atoms with E-state index in [4.69, 9.17) is 21.1 Å². The number of ether oxygens (including phenoxy) is 2. The number of piperidine rings is 2. The van der Waals surface area contributed by atoms with Gasteiger partial charge in [0.25, 0.3) is 11.8 Å². The van der Waals surface area contributed by atoms with Crippen LogP contribution in [-0.4, -0.2) is 127 Å². The van der Waals surface area contributed by atoms with Gasteiger partial charge >= 0.3 is 0 Å². The van der Waals surface area contributed by atoms with Crippen molar-refractivity contribution in [1.29, 1.82) is 0 Å². The van der Waals surface area contributed by atoms with E-state index < -0.39 is 19.1 Å². The first kappa shape index (κ1) is 42.0. The fourth-order valence-electron chi connectivity index (χ4n) is 8.49. The molecule has 0 spiro atoms. The van der Waals surface area contributed by atoms with Crippen molar-refractivity contribution in [1.82, 2.24) is 30.0 Å². The lowest BCUT2D eigenvalue weighted by Gasteiger charge is -2.43. The van der Waals surface area contributed by atoms with E-state index in [2.05, 4.69) is 41.8 Å². The minimum Gasteiger partial charge on any atom is -0.494 e. The molecular formula is C43H49ClN9O7P. The van der Waals surface area contributed by atoms with Crippen molar-refractivity contribution in [2.45, 2.75) is 44.3 Å². The second-order valence-electron chi connectivity index (χ2n) is 16.0. The number of hydrogen-bond donors (Lipinski definition) is 3. The number of fused-ring (bicyclic) bond motifs is 1. The van der Waals surface area contributed by atoms with Crippen LogP contribution in [0.25, 0.3) is 0 Å². The number of piperazine rings is 1. The van der Waals surface area contributed by atoms with Gasteiger partial charge in [0.1, 0.15) is 29.7 Å². The maximum Gasteiger partial charge on any atom is 0.260 e. The highest BCUT2D eigenvalue weighted by Crippen LogP contribution is 2.39. The molecule has 5 heterocycles. The van der Waals surface area contributed by atoms with E-state index in [1.165, 1.54) is 11.1 Å². The van der Waals surface area contributed by atoms with Crippen molar-refractivity contribution >= 4 is 76.5 Å². The Balaban J connectivity index is 0.800. The molecule has 3 aromatic carbocycles. The van der Waals surface area contributed by atoms with Crippen LogP contribution in [0.4, 0.5) is 28.8 Å². The Morgan fingerprint density at radius 3 is 2.44 bits per heavy atom. The molecule has 320 valence electrons. The van der Waals surface area contributed by atoms with E-state index in [0.29, 0.717) is 76.1 Å². The monoisotopic (exact) mass is 869 g/mol. The summed E-state index contributed by atoms with van der Waals surface area (Å²) in [6.07, 6.45) is 3.99. The van der Waals surface area contributed by atoms with E-state index in [0.717, 1.165) is 50.3 Å². The molecule has 3 saturated heterocycles. The van der Waals surface area contributed by atoms with Crippen LogP contribution in [0.3, 0.4) is 0 Å². The largest absolute Gasteiger partial charge is 0.494 e. The lowest BCUT2D eigenvalue weighted by atomic mass is 10.0. The van der Waals surface area contributed by atoms with Gasteiger partial charge < -0.3 is 39.4 Å². The van der Waals surface area contributed by atoms with E-state index in [1.54, 1.807) is 38.6 Å². The van der Waals surface area contributed by atoms with E-state index in [1.807, 2.05) is 41.3 Å². The van der Waals surface area contributed by atoms with Crippen LogP contribution in [0.5, 0.6) is 11.5 Å². The second kappa shape index (κ2) is 17.7. The molecule has 61 heavy (non-hydrogen) atoms. The molecule has 1 atom stereocenters. The number of rotatable bonds is 12. The van der Waals surface area contributed by atoms with Crippen molar-refractivity contribution in [3.05, 3.63) is 83.0 Å². The van der Waals surface area contributed by atoms with Gasteiger partial charge in [-0.3, -0.25) is 29.4 Å². The van der Waals surface area contributed by atoms with E-state index in [-0.39, 0.29) is 37.3 Å². The molecule has 16 nitrogen and oxygen atoms in total. The van der Waals surface area contributed by atoms with Gasteiger partial charge in [-0.2, -0.15) is 4.98 Å². The number of nitrogens with one attached hydrogen (secondary N) is 3. The maximum absolute atomic E-state index is 13.2. The Bertz CT molecular complexity index is 2400. The highest BCUT2D eigenvalue weighted by Gasteiger charge is 2.39. The molecule has 18 heteroatoms. The van der Waals surface area contributed by atoms with Gasteiger partial charge in [0.15, 0.2) is 12.4 Å². The smallest absolute Gasteiger partial charge is 0.260 e. The van der Waals surface area contributed by atoms with Gasteiger partial charge in [-0.05, 0) is 80.6 Å². The summed E-state index contributed by atoms with van der Waals surface area (Å²) in [4.78, 5) is 67.4. The molecule has 1 aromatic heterocycles. The average molecular weight is 870 g/mol. The number of amides is 4. The highest BCUT2D eigenvalue weighted by molar-refractivity contribution is 7.70. The van der Waals surface area contributed by atoms with Gasteiger partial charge in [-0.25, -0.2) is 4.98 Å². The Labute approximate surface area is 359 Å². The minimum absolute atomic E-state index is 0.0883. The Hall–Kier alpha value is -5.70. The Morgan fingerprint density at radius 2 is 1.70 bits per heavy atom. The topological polar surface area (TPSA) is 179 Å². The molecule has 3 fully saturated rings. The quantitative estimate of drug-likeness (QED) is 0.131. The number of benzene rings is 3. The molecule has 0 radical (unpaired) electrons. The van der Waals surface area contributed by atoms with Crippen LogP contribution in [0, 0.1) is 0 Å². The van der Waals surface area contributed by atoms with Crippen molar-refractivity contribution in [3.8, 4) is 11.5 Å². The molecule has 1 unspecified atom stereocenters. The van der Waals surface area contributed by atoms with Gasteiger partial charge in [0.05, 0.1) is 24.7 Å². The molecule has 4 aliphatic rings. The number of hydrogen-bond acceptors (Lipinski definition) is 13. The predicted octanol–water partition coefficient (Wildman–Crippen LogP) is 4.83. The van der Waals surface area contributed by atoms with E-state index in [9.17, 15) is 23.7 Å². The first-order chi connectivity index (χ1) is 29.3. The zero-order chi connectivity index (χ0) is 42.8. The molecule has 3 N–H and O–H groups in total. The summed E-state index contributed by atoms with van der Waals surface area (Å²) in [5.74, 6) is 0.717. The molecule has 4 aromatic rings. The van der Waals surface area contributed by atoms with Crippen LogP contribution in [-0.2, 0) is 25.5 Å². The van der Waals surface area contributed by atoms with Gasteiger partial charge in [0, 0.05) is 80.9 Å². The summed E-state index contributed by atoms with van der Waals surface area (Å²) in [5, 5.41) is 9.84. The number of imide groups is 1. The van der Waals surface area contributed by atoms with E-state index >= 15 is 0 Å².